The maximum atomic E-state index is 14.3. The molecule has 28 heavy (non-hydrogen) atoms. The van der Waals surface area contributed by atoms with Gasteiger partial charge in [0.25, 0.3) is 0 Å². The largest absolute Gasteiger partial charge is 0.573 e. The lowest BCUT2D eigenvalue weighted by atomic mass is 9.99. The molecule has 0 radical (unpaired) electrons. The number of esters is 1. The fraction of sp³-hybridized carbons (Fsp3) is 0.150. The number of rotatable bonds is 4. The summed E-state index contributed by atoms with van der Waals surface area (Å²) in [5, 5.41) is 10.6. The van der Waals surface area contributed by atoms with Crippen LogP contribution in [0.4, 0.5) is 17.6 Å². The molecule has 3 rings (SSSR count). The molecule has 0 saturated carbocycles. The number of fused-ring (bicyclic) bond motifs is 1. The van der Waals surface area contributed by atoms with E-state index in [0.717, 1.165) is 0 Å². The first kappa shape index (κ1) is 19.5. The topological polar surface area (TPSA) is 55.8 Å². The molecule has 0 fully saturated rings. The van der Waals surface area contributed by atoms with Crippen molar-refractivity contribution in [1.29, 1.82) is 0 Å². The Balaban J connectivity index is 2.01. The van der Waals surface area contributed by atoms with Crippen LogP contribution < -0.4 is 4.74 Å². The molecule has 0 amide bonds. The molecule has 3 aromatic carbocycles. The number of phenols is 1. The van der Waals surface area contributed by atoms with E-state index < -0.39 is 29.5 Å². The number of phenolic OH excluding ortho intramolecular Hbond substituents is 1. The van der Waals surface area contributed by atoms with E-state index in [9.17, 15) is 27.5 Å². The molecule has 0 bridgehead atoms. The number of hydrogen-bond donors (Lipinski definition) is 1. The Kier molecular flexibility index (Phi) is 5.13. The van der Waals surface area contributed by atoms with Crippen molar-refractivity contribution in [3.8, 4) is 22.6 Å². The van der Waals surface area contributed by atoms with Crippen LogP contribution in [0.25, 0.3) is 21.9 Å². The van der Waals surface area contributed by atoms with E-state index in [4.69, 9.17) is 4.74 Å². The Labute approximate surface area is 156 Å². The van der Waals surface area contributed by atoms with Crippen LogP contribution >= 0.6 is 0 Å². The van der Waals surface area contributed by atoms with Crippen LogP contribution in [-0.4, -0.2) is 24.0 Å². The van der Waals surface area contributed by atoms with Crippen molar-refractivity contribution in [2.24, 2.45) is 0 Å². The van der Waals surface area contributed by atoms with Gasteiger partial charge in [-0.05, 0) is 53.8 Å². The molecule has 0 spiro atoms. The number of carbonyl (C=O) groups excluding carboxylic acids is 1. The third-order valence-electron chi connectivity index (χ3n) is 3.97. The Morgan fingerprint density at radius 2 is 1.68 bits per heavy atom. The molecule has 0 saturated heterocycles. The van der Waals surface area contributed by atoms with Crippen LogP contribution in [0.1, 0.15) is 17.3 Å². The van der Waals surface area contributed by atoms with Crippen molar-refractivity contribution in [3.05, 3.63) is 59.9 Å². The van der Waals surface area contributed by atoms with Crippen LogP contribution in [-0.2, 0) is 4.74 Å². The van der Waals surface area contributed by atoms with Crippen LogP contribution in [0.15, 0.2) is 48.5 Å². The van der Waals surface area contributed by atoms with E-state index >= 15 is 0 Å². The predicted molar refractivity (Wildman–Crippen MR) is 93.6 cm³/mol. The standard InChI is InChI=1S/C20H14F4O4/c1-2-27-19(26)16-10-13-9-12(5-8-15(13)18(25)17(16)21)11-3-6-14(7-4-11)28-20(22,23)24/h3-10,25H,2H2,1H3. The van der Waals surface area contributed by atoms with Crippen molar-refractivity contribution in [2.75, 3.05) is 6.61 Å². The quantitative estimate of drug-likeness (QED) is 0.474. The highest BCUT2D eigenvalue weighted by Gasteiger charge is 2.31. The van der Waals surface area contributed by atoms with Gasteiger partial charge >= 0.3 is 12.3 Å². The average Bonchev–Trinajstić information content (AvgIpc) is 2.63. The minimum Gasteiger partial charge on any atom is -0.504 e. The van der Waals surface area contributed by atoms with E-state index in [1.54, 1.807) is 19.1 Å². The second-order valence-corrected chi connectivity index (χ2v) is 5.82. The van der Waals surface area contributed by atoms with Crippen LogP contribution in [0.2, 0.25) is 0 Å². The summed E-state index contributed by atoms with van der Waals surface area (Å²) in [6.45, 7) is 1.62. The van der Waals surface area contributed by atoms with E-state index in [0.29, 0.717) is 16.5 Å². The molecule has 4 nitrogen and oxygen atoms in total. The summed E-state index contributed by atoms with van der Waals surface area (Å²) in [6, 6.07) is 11.1. The zero-order valence-corrected chi connectivity index (χ0v) is 14.5. The first-order chi connectivity index (χ1) is 13.2. The summed E-state index contributed by atoms with van der Waals surface area (Å²) < 4.78 is 59.6. The van der Waals surface area contributed by atoms with Crippen molar-refractivity contribution in [2.45, 2.75) is 13.3 Å². The molecule has 146 valence electrons. The van der Waals surface area contributed by atoms with Gasteiger partial charge < -0.3 is 14.6 Å². The SMILES string of the molecule is CCOC(=O)c1cc2cc(-c3ccc(OC(F)(F)F)cc3)ccc2c(O)c1F. The number of aromatic hydroxyl groups is 1. The fourth-order valence-electron chi connectivity index (χ4n) is 2.75. The van der Waals surface area contributed by atoms with Gasteiger partial charge in [-0.25, -0.2) is 9.18 Å². The van der Waals surface area contributed by atoms with E-state index in [1.807, 2.05) is 0 Å². The second-order valence-electron chi connectivity index (χ2n) is 5.82. The summed E-state index contributed by atoms with van der Waals surface area (Å²) in [5.41, 5.74) is 0.753. The molecular weight excluding hydrogens is 380 g/mol. The maximum absolute atomic E-state index is 14.3. The maximum Gasteiger partial charge on any atom is 0.573 e. The molecule has 0 aliphatic rings. The first-order valence-electron chi connectivity index (χ1n) is 8.18. The smallest absolute Gasteiger partial charge is 0.504 e. The van der Waals surface area contributed by atoms with Gasteiger partial charge in [0.1, 0.15) is 5.75 Å². The number of halogens is 4. The van der Waals surface area contributed by atoms with Gasteiger partial charge in [0, 0.05) is 5.39 Å². The summed E-state index contributed by atoms with van der Waals surface area (Å²) in [4.78, 5) is 11.9. The van der Waals surface area contributed by atoms with Gasteiger partial charge in [-0.15, -0.1) is 13.2 Å². The highest BCUT2D eigenvalue weighted by atomic mass is 19.4. The molecule has 0 unspecified atom stereocenters. The number of ether oxygens (including phenoxy) is 2. The van der Waals surface area contributed by atoms with E-state index in [-0.39, 0.29) is 17.7 Å². The zero-order chi connectivity index (χ0) is 20.5. The van der Waals surface area contributed by atoms with E-state index in [2.05, 4.69) is 4.74 Å². The number of hydrogen-bond acceptors (Lipinski definition) is 4. The number of alkyl halides is 3. The van der Waals surface area contributed by atoms with Crippen LogP contribution in [0.5, 0.6) is 11.5 Å². The van der Waals surface area contributed by atoms with Crippen molar-refractivity contribution >= 4 is 16.7 Å². The predicted octanol–water partition coefficient (Wildman–Crippen LogP) is 5.43. The van der Waals surface area contributed by atoms with Gasteiger partial charge in [-0.1, -0.05) is 18.2 Å². The Morgan fingerprint density at radius 1 is 1.04 bits per heavy atom. The highest BCUT2D eigenvalue weighted by molar-refractivity contribution is 6.00. The summed E-state index contributed by atoms with van der Waals surface area (Å²) in [5.74, 6) is -3.02. The van der Waals surface area contributed by atoms with Crippen LogP contribution in [0.3, 0.4) is 0 Å². The average molecular weight is 394 g/mol. The second kappa shape index (κ2) is 7.38. The normalized spacial score (nSPS) is 11.5. The molecule has 0 aliphatic carbocycles. The van der Waals surface area contributed by atoms with Gasteiger partial charge in [-0.3, -0.25) is 0 Å². The Bertz CT molecular complexity index is 1030. The number of carbonyl (C=O) groups is 1. The lowest BCUT2D eigenvalue weighted by molar-refractivity contribution is -0.274. The third-order valence-corrected chi connectivity index (χ3v) is 3.97. The zero-order valence-electron chi connectivity index (χ0n) is 14.5. The minimum absolute atomic E-state index is 0.0451. The molecule has 3 aromatic rings. The molecule has 8 heteroatoms. The Hall–Kier alpha value is -3.29. The monoisotopic (exact) mass is 394 g/mol. The third kappa shape index (κ3) is 4.00. The minimum atomic E-state index is -4.78. The van der Waals surface area contributed by atoms with Crippen molar-refractivity contribution in [1.82, 2.24) is 0 Å². The lowest BCUT2D eigenvalue weighted by Crippen LogP contribution is -2.16. The molecule has 0 heterocycles. The highest BCUT2D eigenvalue weighted by Crippen LogP contribution is 2.34. The van der Waals surface area contributed by atoms with Gasteiger partial charge in [-0.2, -0.15) is 0 Å². The van der Waals surface area contributed by atoms with Crippen molar-refractivity contribution in [3.63, 3.8) is 0 Å². The molecular formula is C20H14F4O4. The van der Waals surface area contributed by atoms with Crippen LogP contribution in [0, 0.1) is 5.82 Å². The van der Waals surface area contributed by atoms with Gasteiger partial charge in [0.15, 0.2) is 11.6 Å². The molecule has 0 aliphatic heterocycles. The fourth-order valence-corrected chi connectivity index (χ4v) is 2.75. The number of benzene rings is 3. The summed E-state index contributed by atoms with van der Waals surface area (Å²) in [6.07, 6.45) is -4.78. The lowest BCUT2D eigenvalue weighted by Gasteiger charge is -2.11. The molecule has 0 aromatic heterocycles. The summed E-state index contributed by atoms with van der Waals surface area (Å²) >= 11 is 0. The van der Waals surface area contributed by atoms with E-state index in [1.165, 1.54) is 36.4 Å². The molecule has 1 N–H and O–H groups in total. The molecule has 0 atom stereocenters. The van der Waals surface area contributed by atoms with Gasteiger partial charge in [0.05, 0.1) is 12.2 Å². The van der Waals surface area contributed by atoms with Crippen molar-refractivity contribution < 1.29 is 36.9 Å². The summed E-state index contributed by atoms with van der Waals surface area (Å²) in [7, 11) is 0. The van der Waals surface area contributed by atoms with Gasteiger partial charge in [0.2, 0.25) is 0 Å². The Morgan fingerprint density at radius 3 is 2.29 bits per heavy atom. The first-order valence-corrected chi connectivity index (χ1v) is 8.18.